The first kappa shape index (κ1) is 17.9. The minimum Gasteiger partial charge on any atom is -0.465 e. The maximum atomic E-state index is 11.4. The van der Waals surface area contributed by atoms with Crippen LogP contribution in [0.2, 0.25) is 0 Å². The van der Waals surface area contributed by atoms with Crippen molar-refractivity contribution < 1.29 is 9.53 Å². The lowest BCUT2D eigenvalue weighted by Crippen LogP contribution is -2.45. The summed E-state index contributed by atoms with van der Waals surface area (Å²) in [6.07, 6.45) is 3.93. The number of rotatable bonds is 4. The standard InChI is InChI=1S/C15H23N3O2.ClH/c1-11-5-6-18(14(7-11)8-16)10-13-4-3-12(9-17-13)15(19)20-2;/h3-4,9,11,14H,5-8,10,16H2,1-2H3;1H. The SMILES string of the molecule is COC(=O)c1ccc(CN2CCC(C)CC2CN)nc1.Cl. The fourth-order valence-electron chi connectivity index (χ4n) is 2.72. The molecule has 1 aromatic heterocycles. The van der Waals surface area contributed by atoms with Crippen molar-refractivity contribution in [2.24, 2.45) is 11.7 Å². The third-order valence-corrected chi connectivity index (χ3v) is 3.98. The smallest absolute Gasteiger partial charge is 0.339 e. The average molecular weight is 314 g/mol. The van der Waals surface area contributed by atoms with Crippen molar-refractivity contribution >= 4 is 18.4 Å². The van der Waals surface area contributed by atoms with E-state index in [1.165, 1.54) is 13.5 Å². The number of ether oxygens (including phenoxy) is 1. The summed E-state index contributed by atoms with van der Waals surface area (Å²) in [7, 11) is 1.37. The number of hydrogen-bond acceptors (Lipinski definition) is 5. The van der Waals surface area contributed by atoms with E-state index in [0.29, 0.717) is 18.2 Å². The van der Waals surface area contributed by atoms with Crippen LogP contribution in [-0.2, 0) is 11.3 Å². The number of carbonyl (C=O) groups is 1. The molecule has 0 radical (unpaired) electrons. The summed E-state index contributed by atoms with van der Waals surface area (Å²) >= 11 is 0. The number of piperidine rings is 1. The molecule has 2 N–H and O–H groups in total. The van der Waals surface area contributed by atoms with Gasteiger partial charge in [0.05, 0.1) is 18.4 Å². The number of nitrogens with zero attached hydrogens (tertiary/aromatic N) is 2. The third-order valence-electron chi connectivity index (χ3n) is 3.98. The van der Waals surface area contributed by atoms with E-state index in [0.717, 1.165) is 31.1 Å². The van der Waals surface area contributed by atoms with Gasteiger partial charge in [-0.1, -0.05) is 6.92 Å². The predicted octanol–water partition coefficient (Wildman–Crippen LogP) is 1.85. The summed E-state index contributed by atoms with van der Waals surface area (Å²) in [6, 6.07) is 4.08. The second-order valence-corrected chi connectivity index (χ2v) is 5.52. The Morgan fingerprint density at radius 2 is 2.29 bits per heavy atom. The molecule has 118 valence electrons. The van der Waals surface area contributed by atoms with E-state index >= 15 is 0 Å². The topological polar surface area (TPSA) is 68.5 Å². The molecule has 1 aliphatic heterocycles. The number of carbonyl (C=O) groups excluding carboxylic acids is 1. The van der Waals surface area contributed by atoms with Crippen LogP contribution in [0, 0.1) is 5.92 Å². The number of nitrogens with two attached hydrogens (primary N) is 1. The van der Waals surface area contributed by atoms with E-state index < -0.39 is 0 Å². The molecule has 1 saturated heterocycles. The Hall–Kier alpha value is -1.17. The van der Waals surface area contributed by atoms with Crippen LogP contribution in [-0.4, -0.2) is 42.1 Å². The molecule has 5 nitrogen and oxygen atoms in total. The Bertz CT molecular complexity index is 453. The highest BCUT2D eigenvalue weighted by Crippen LogP contribution is 2.23. The summed E-state index contributed by atoms with van der Waals surface area (Å²) in [6.45, 7) is 4.81. The molecule has 0 amide bonds. The minimum atomic E-state index is -0.351. The Morgan fingerprint density at radius 1 is 1.52 bits per heavy atom. The predicted molar refractivity (Wildman–Crippen MR) is 84.5 cm³/mol. The van der Waals surface area contributed by atoms with Gasteiger partial charge in [0.15, 0.2) is 0 Å². The summed E-state index contributed by atoms with van der Waals surface area (Å²) in [4.78, 5) is 18.1. The second-order valence-electron chi connectivity index (χ2n) is 5.52. The number of hydrogen-bond donors (Lipinski definition) is 1. The maximum Gasteiger partial charge on any atom is 0.339 e. The van der Waals surface area contributed by atoms with Gasteiger partial charge in [0.2, 0.25) is 0 Å². The van der Waals surface area contributed by atoms with Crippen LogP contribution >= 0.6 is 12.4 Å². The van der Waals surface area contributed by atoms with Crippen molar-refractivity contribution in [3.63, 3.8) is 0 Å². The van der Waals surface area contributed by atoms with Crippen LogP contribution in [0.5, 0.6) is 0 Å². The Labute approximate surface area is 132 Å². The zero-order valence-corrected chi connectivity index (χ0v) is 13.4. The van der Waals surface area contributed by atoms with Crippen LogP contribution < -0.4 is 5.73 Å². The van der Waals surface area contributed by atoms with Crippen molar-refractivity contribution in [2.45, 2.75) is 32.4 Å². The molecule has 0 aromatic carbocycles. The Kier molecular flexibility index (Phi) is 7.08. The van der Waals surface area contributed by atoms with Crippen LogP contribution in [0.15, 0.2) is 18.3 Å². The van der Waals surface area contributed by atoms with E-state index in [4.69, 9.17) is 5.73 Å². The molecule has 1 aromatic rings. The van der Waals surface area contributed by atoms with Crippen LogP contribution in [0.1, 0.15) is 35.8 Å². The van der Waals surface area contributed by atoms with Gasteiger partial charge in [-0.2, -0.15) is 0 Å². The number of pyridine rings is 1. The quantitative estimate of drug-likeness (QED) is 0.859. The first-order chi connectivity index (χ1) is 9.63. The molecule has 0 saturated carbocycles. The molecular weight excluding hydrogens is 290 g/mol. The number of halogens is 1. The van der Waals surface area contributed by atoms with Crippen LogP contribution in [0.25, 0.3) is 0 Å². The fraction of sp³-hybridized carbons (Fsp3) is 0.600. The number of methoxy groups -OCH3 is 1. The van der Waals surface area contributed by atoms with Gasteiger partial charge in [0.25, 0.3) is 0 Å². The molecule has 2 unspecified atom stereocenters. The number of aromatic nitrogens is 1. The zero-order valence-electron chi connectivity index (χ0n) is 12.6. The lowest BCUT2D eigenvalue weighted by atomic mass is 9.92. The van der Waals surface area contributed by atoms with Crippen LogP contribution in [0.3, 0.4) is 0 Å². The van der Waals surface area contributed by atoms with Gasteiger partial charge in [0.1, 0.15) is 0 Å². The van der Waals surface area contributed by atoms with E-state index in [1.54, 1.807) is 12.3 Å². The molecule has 0 spiro atoms. The van der Waals surface area contributed by atoms with Gasteiger partial charge in [-0.15, -0.1) is 12.4 Å². The van der Waals surface area contributed by atoms with Crippen LogP contribution in [0.4, 0.5) is 0 Å². The monoisotopic (exact) mass is 313 g/mol. The fourth-order valence-corrected chi connectivity index (χ4v) is 2.72. The third kappa shape index (κ3) is 4.66. The van der Waals surface area contributed by atoms with Gasteiger partial charge < -0.3 is 10.5 Å². The maximum absolute atomic E-state index is 11.4. The molecule has 2 heterocycles. The molecule has 2 rings (SSSR count). The molecule has 1 aliphatic rings. The van der Waals surface area contributed by atoms with Gasteiger partial charge in [-0.25, -0.2) is 4.79 Å². The number of likely N-dealkylation sites (tertiary alicyclic amines) is 1. The molecular formula is C15H24ClN3O2. The highest BCUT2D eigenvalue weighted by Gasteiger charge is 2.25. The normalized spacial score (nSPS) is 22.4. The summed E-state index contributed by atoms with van der Waals surface area (Å²) in [5.74, 6) is 0.394. The molecule has 0 aliphatic carbocycles. The largest absolute Gasteiger partial charge is 0.465 e. The van der Waals surface area contributed by atoms with Gasteiger partial charge >= 0.3 is 5.97 Å². The van der Waals surface area contributed by atoms with Gasteiger partial charge in [-0.3, -0.25) is 9.88 Å². The van der Waals surface area contributed by atoms with Crippen molar-refractivity contribution in [1.82, 2.24) is 9.88 Å². The zero-order chi connectivity index (χ0) is 14.5. The molecule has 0 bridgehead atoms. The number of esters is 1. The van der Waals surface area contributed by atoms with E-state index in [-0.39, 0.29) is 18.4 Å². The minimum absolute atomic E-state index is 0. The van der Waals surface area contributed by atoms with Crippen molar-refractivity contribution in [3.8, 4) is 0 Å². The lowest BCUT2D eigenvalue weighted by molar-refractivity contribution is 0.0600. The Morgan fingerprint density at radius 3 is 2.86 bits per heavy atom. The first-order valence-corrected chi connectivity index (χ1v) is 7.11. The van der Waals surface area contributed by atoms with Crippen molar-refractivity contribution in [2.75, 3.05) is 20.2 Å². The molecule has 2 atom stereocenters. The van der Waals surface area contributed by atoms with E-state index in [2.05, 4.69) is 21.5 Å². The van der Waals surface area contributed by atoms with Crippen molar-refractivity contribution in [3.05, 3.63) is 29.6 Å². The lowest BCUT2D eigenvalue weighted by Gasteiger charge is -2.37. The highest BCUT2D eigenvalue weighted by molar-refractivity contribution is 5.88. The Balaban J connectivity index is 0.00000220. The average Bonchev–Trinajstić information content (AvgIpc) is 2.49. The first-order valence-electron chi connectivity index (χ1n) is 7.11. The van der Waals surface area contributed by atoms with Crippen molar-refractivity contribution in [1.29, 1.82) is 0 Å². The second kappa shape index (κ2) is 8.32. The highest BCUT2D eigenvalue weighted by atomic mass is 35.5. The summed E-state index contributed by atoms with van der Waals surface area (Å²) in [5.41, 5.74) is 7.32. The van der Waals surface area contributed by atoms with Gasteiger partial charge in [-0.05, 0) is 37.4 Å². The van der Waals surface area contributed by atoms with E-state index in [1.807, 2.05) is 6.07 Å². The summed E-state index contributed by atoms with van der Waals surface area (Å²) in [5, 5.41) is 0. The molecule has 1 fully saturated rings. The van der Waals surface area contributed by atoms with E-state index in [9.17, 15) is 4.79 Å². The van der Waals surface area contributed by atoms with Gasteiger partial charge in [0, 0.05) is 25.3 Å². The molecule has 21 heavy (non-hydrogen) atoms. The summed E-state index contributed by atoms with van der Waals surface area (Å²) < 4.78 is 4.67. The molecule has 6 heteroatoms.